The van der Waals surface area contributed by atoms with Crippen LogP contribution in [0, 0.1) is 10.1 Å². The molecule has 3 N–H and O–H groups in total. The van der Waals surface area contributed by atoms with Crippen LogP contribution >= 0.6 is 11.6 Å². The maximum absolute atomic E-state index is 11.3. The molecule has 2 aromatic carbocycles. The second-order valence-electron chi connectivity index (χ2n) is 4.46. The number of anilines is 1. The molecule has 7 nitrogen and oxygen atoms in total. The van der Waals surface area contributed by atoms with Crippen molar-refractivity contribution in [3.8, 4) is 0 Å². The number of halogens is 1. The fraction of sp³-hybridized carbons (Fsp3) is 0.0769. The van der Waals surface area contributed by atoms with Crippen molar-refractivity contribution in [1.82, 2.24) is 0 Å². The van der Waals surface area contributed by atoms with Gasteiger partial charge in [-0.15, -0.1) is 0 Å². The van der Waals surface area contributed by atoms with Crippen LogP contribution in [0.2, 0.25) is 5.02 Å². The number of benzene rings is 2. The van der Waals surface area contributed by atoms with Crippen molar-refractivity contribution in [2.45, 2.75) is 11.4 Å². The zero-order valence-electron chi connectivity index (χ0n) is 11.2. The Morgan fingerprint density at radius 2 is 1.95 bits per heavy atom. The summed E-state index contributed by atoms with van der Waals surface area (Å²) in [6.45, 7) is 0.116. The Morgan fingerprint density at radius 1 is 1.23 bits per heavy atom. The van der Waals surface area contributed by atoms with E-state index in [-0.39, 0.29) is 17.1 Å². The normalized spacial score (nSPS) is 11.2. The van der Waals surface area contributed by atoms with Gasteiger partial charge in [0.25, 0.3) is 5.69 Å². The largest absolute Gasteiger partial charge is 0.381 e. The highest BCUT2D eigenvalue weighted by molar-refractivity contribution is 7.89. The maximum Gasteiger partial charge on any atom is 0.274 e. The van der Waals surface area contributed by atoms with Crippen LogP contribution in [0.1, 0.15) is 5.56 Å². The summed E-state index contributed by atoms with van der Waals surface area (Å²) in [6.07, 6.45) is 0. The molecule has 0 aliphatic heterocycles. The average molecular weight is 342 g/mol. The lowest BCUT2D eigenvalue weighted by Crippen LogP contribution is -2.12. The van der Waals surface area contributed by atoms with E-state index in [1.807, 2.05) is 0 Å². The molecule has 9 heteroatoms. The average Bonchev–Trinajstić information content (AvgIpc) is 2.44. The highest BCUT2D eigenvalue weighted by atomic mass is 35.5. The summed E-state index contributed by atoms with van der Waals surface area (Å²) >= 11 is 5.84. The molecule has 0 heterocycles. The predicted octanol–water partition coefficient (Wildman–Crippen LogP) is 2.51. The van der Waals surface area contributed by atoms with Gasteiger partial charge in [-0.25, -0.2) is 13.6 Å². The van der Waals surface area contributed by atoms with Crippen LogP contribution in [-0.2, 0) is 16.6 Å². The molecule has 0 radical (unpaired) electrons. The van der Waals surface area contributed by atoms with Gasteiger partial charge in [-0.1, -0.05) is 17.7 Å². The number of sulfonamides is 1. The maximum atomic E-state index is 11.3. The van der Waals surface area contributed by atoms with Gasteiger partial charge in [0.2, 0.25) is 10.0 Å². The van der Waals surface area contributed by atoms with E-state index in [1.165, 1.54) is 36.4 Å². The SMILES string of the molecule is NS(=O)(=O)c1cccc(NCc2cc(Cl)ccc2[N+](=O)[O-])c1. The lowest BCUT2D eigenvalue weighted by atomic mass is 10.1. The first kappa shape index (κ1) is 16.2. The molecule has 0 aliphatic rings. The minimum absolute atomic E-state index is 0.0434. The molecule has 0 aliphatic carbocycles. The summed E-state index contributed by atoms with van der Waals surface area (Å²) in [5.74, 6) is 0. The van der Waals surface area contributed by atoms with Crippen molar-refractivity contribution in [3.05, 3.63) is 63.2 Å². The van der Waals surface area contributed by atoms with Gasteiger partial charge in [0, 0.05) is 23.3 Å². The smallest absolute Gasteiger partial charge is 0.274 e. The number of nitro benzene ring substituents is 1. The van der Waals surface area contributed by atoms with Crippen LogP contribution in [0.25, 0.3) is 0 Å². The Bertz CT molecular complexity index is 824. The number of hydrogen-bond donors (Lipinski definition) is 2. The third-order valence-electron chi connectivity index (χ3n) is 2.88. The molecule has 0 aromatic heterocycles. The van der Waals surface area contributed by atoms with Crippen molar-refractivity contribution in [3.63, 3.8) is 0 Å². The molecule has 2 rings (SSSR count). The monoisotopic (exact) mass is 341 g/mol. The molecule has 2 aromatic rings. The van der Waals surface area contributed by atoms with Gasteiger partial charge in [-0.05, 0) is 30.3 Å². The molecule has 0 amide bonds. The van der Waals surface area contributed by atoms with Gasteiger partial charge in [0.15, 0.2) is 0 Å². The number of nitrogens with one attached hydrogen (secondary N) is 1. The van der Waals surface area contributed by atoms with Gasteiger partial charge >= 0.3 is 0 Å². The lowest BCUT2D eigenvalue weighted by molar-refractivity contribution is -0.385. The van der Waals surface area contributed by atoms with E-state index in [4.69, 9.17) is 16.7 Å². The first-order valence-corrected chi connectivity index (χ1v) is 7.99. The molecule has 0 saturated carbocycles. The quantitative estimate of drug-likeness (QED) is 0.640. The number of nitrogens with two attached hydrogens (primary N) is 1. The topological polar surface area (TPSA) is 115 Å². The van der Waals surface area contributed by atoms with Gasteiger partial charge < -0.3 is 5.32 Å². The molecular formula is C13H12ClN3O4S. The van der Waals surface area contributed by atoms with Crippen molar-refractivity contribution in [2.75, 3.05) is 5.32 Å². The van der Waals surface area contributed by atoms with E-state index in [9.17, 15) is 18.5 Å². The number of primary sulfonamides is 1. The summed E-state index contributed by atoms with van der Waals surface area (Å²) in [7, 11) is -3.81. The summed E-state index contributed by atoms with van der Waals surface area (Å²) in [5.41, 5.74) is 0.791. The Hall–Kier alpha value is -2.16. The third-order valence-corrected chi connectivity index (χ3v) is 4.03. The molecule has 0 bridgehead atoms. The number of nitrogens with zero attached hydrogens (tertiary/aromatic N) is 1. The van der Waals surface area contributed by atoms with Crippen molar-refractivity contribution < 1.29 is 13.3 Å². The second kappa shape index (κ2) is 6.30. The van der Waals surface area contributed by atoms with E-state index in [0.717, 1.165) is 0 Å². The minimum Gasteiger partial charge on any atom is -0.381 e. The van der Waals surface area contributed by atoms with Crippen LogP contribution in [0.15, 0.2) is 47.4 Å². The summed E-state index contributed by atoms with van der Waals surface area (Å²) in [5, 5.41) is 19.3. The van der Waals surface area contributed by atoms with Gasteiger partial charge in [-0.3, -0.25) is 10.1 Å². The van der Waals surface area contributed by atoms with E-state index < -0.39 is 14.9 Å². The molecule has 0 fully saturated rings. The summed E-state index contributed by atoms with van der Waals surface area (Å²) in [4.78, 5) is 10.4. The predicted molar refractivity (Wildman–Crippen MR) is 83.2 cm³/mol. The zero-order valence-corrected chi connectivity index (χ0v) is 12.8. The van der Waals surface area contributed by atoms with Crippen LogP contribution in [0.3, 0.4) is 0 Å². The first-order chi connectivity index (χ1) is 10.3. The lowest BCUT2D eigenvalue weighted by Gasteiger charge is -2.08. The molecule has 0 saturated heterocycles. The number of nitro groups is 1. The molecule has 22 heavy (non-hydrogen) atoms. The Balaban J connectivity index is 2.24. The molecule has 0 unspecified atom stereocenters. The van der Waals surface area contributed by atoms with E-state index in [1.54, 1.807) is 6.07 Å². The minimum atomic E-state index is -3.81. The molecular weight excluding hydrogens is 330 g/mol. The molecule has 0 atom stereocenters. The first-order valence-electron chi connectivity index (χ1n) is 6.07. The number of hydrogen-bond acceptors (Lipinski definition) is 5. The fourth-order valence-corrected chi connectivity index (χ4v) is 2.61. The summed E-state index contributed by atoms with van der Waals surface area (Å²) in [6, 6.07) is 10.1. The van der Waals surface area contributed by atoms with Gasteiger partial charge in [0.05, 0.1) is 15.4 Å². The van der Waals surface area contributed by atoms with Crippen LogP contribution in [-0.4, -0.2) is 13.3 Å². The standard InChI is InChI=1S/C13H12ClN3O4S/c14-10-4-5-13(17(18)19)9(6-10)8-16-11-2-1-3-12(7-11)22(15,20)21/h1-7,16H,8H2,(H2,15,20,21). The van der Waals surface area contributed by atoms with Gasteiger partial charge in [-0.2, -0.15) is 0 Å². The Morgan fingerprint density at radius 3 is 2.59 bits per heavy atom. The Labute approximate surface area is 131 Å². The highest BCUT2D eigenvalue weighted by Gasteiger charge is 2.14. The van der Waals surface area contributed by atoms with E-state index in [0.29, 0.717) is 16.3 Å². The second-order valence-corrected chi connectivity index (χ2v) is 6.45. The highest BCUT2D eigenvalue weighted by Crippen LogP contribution is 2.24. The van der Waals surface area contributed by atoms with Crippen LogP contribution < -0.4 is 10.5 Å². The van der Waals surface area contributed by atoms with Crippen molar-refractivity contribution in [2.24, 2.45) is 5.14 Å². The van der Waals surface area contributed by atoms with Crippen LogP contribution in [0.5, 0.6) is 0 Å². The van der Waals surface area contributed by atoms with E-state index >= 15 is 0 Å². The van der Waals surface area contributed by atoms with Crippen LogP contribution in [0.4, 0.5) is 11.4 Å². The fourth-order valence-electron chi connectivity index (χ4n) is 1.85. The molecule has 116 valence electrons. The number of rotatable bonds is 5. The third kappa shape index (κ3) is 3.94. The van der Waals surface area contributed by atoms with E-state index in [2.05, 4.69) is 5.32 Å². The summed E-state index contributed by atoms with van der Waals surface area (Å²) < 4.78 is 22.6. The Kier molecular flexibility index (Phi) is 4.65. The van der Waals surface area contributed by atoms with Gasteiger partial charge in [0.1, 0.15) is 0 Å². The van der Waals surface area contributed by atoms with Crippen molar-refractivity contribution >= 4 is 33.0 Å². The zero-order chi connectivity index (χ0) is 16.3. The molecule has 0 spiro atoms. The van der Waals surface area contributed by atoms with Crippen molar-refractivity contribution in [1.29, 1.82) is 0 Å².